The summed E-state index contributed by atoms with van der Waals surface area (Å²) in [6.07, 6.45) is 2.46. The Morgan fingerprint density at radius 2 is 2.00 bits per heavy atom. The van der Waals surface area contributed by atoms with Gasteiger partial charge in [-0.1, -0.05) is 33.8 Å². The number of hydrogen-bond acceptors (Lipinski definition) is 2. The summed E-state index contributed by atoms with van der Waals surface area (Å²) in [5, 5.41) is 3.45. The summed E-state index contributed by atoms with van der Waals surface area (Å²) < 4.78 is 5.81. The van der Waals surface area contributed by atoms with E-state index in [1.807, 2.05) is 12.1 Å². The summed E-state index contributed by atoms with van der Waals surface area (Å²) in [7, 11) is 0. The minimum atomic E-state index is 0.273. The number of benzene rings is 1. The van der Waals surface area contributed by atoms with E-state index in [1.54, 1.807) is 0 Å². The van der Waals surface area contributed by atoms with Crippen molar-refractivity contribution in [2.75, 3.05) is 11.9 Å². The molecule has 0 saturated heterocycles. The highest BCUT2D eigenvalue weighted by atomic mass is 16.5. The molecular weight excluding hydrogens is 222 g/mol. The maximum absolute atomic E-state index is 5.81. The summed E-state index contributed by atoms with van der Waals surface area (Å²) in [5.74, 6) is 0.949. The topological polar surface area (TPSA) is 21.3 Å². The third-order valence-corrected chi connectivity index (χ3v) is 2.95. The largest absolute Gasteiger partial charge is 0.491 e. The summed E-state index contributed by atoms with van der Waals surface area (Å²) in [6.45, 7) is 12.0. The van der Waals surface area contributed by atoms with Crippen LogP contribution in [0.3, 0.4) is 0 Å². The van der Waals surface area contributed by atoms with Crippen molar-refractivity contribution < 1.29 is 4.74 Å². The first-order valence-electron chi connectivity index (χ1n) is 6.91. The lowest BCUT2D eigenvalue weighted by molar-refractivity contribution is 0.217. The number of nitrogens with one attached hydrogen (secondary N) is 1. The van der Waals surface area contributed by atoms with Crippen LogP contribution < -0.4 is 10.1 Å². The van der Waals surface area contributed by atoms with E-state index < -0.39 is 0 Å². The molecule has 0 aliphatic carbocycles. The quantitative estimate of drug-likeness (QED) is 0.788. The van der Waals surface area contributed by atoms with Gasteiger partial charge in [-0.15, -0.1) is 0 Å². The molecule has 102 valence electrons. The first-order valence-corrected chi connectivity index (χ1v) is 6.91. The highest BCUT2D eigenvalue weighted by molar-refractivity contribution is 5.48. The van der Waals surface area contributed by atoms with E-state index in [-0.39, 0.29) is 6.10 Å². The molecule has 0 amide bonds. The minimum Gasteiger partial charge on any atom is -0.491 e. The van der Waals surface area contributed by atoms with Crippen molar-refractivity contribution in [3.8, 4) is 5.75 Å². The first kappa shape index (κ1) is 14.9. The van der Waals surface area contributed by atoms with Crippen molar-refractivity contribution in [2.45, 2.75) is 53.6 Å². The molecule has 1 N–H and O–H groups in total. The second-order valence-corrected chi connectivity index (χ2v) is 6.10. The second kappa shape index (κ2) is 6.67. The molecule has 1 aromatic rings. The van der Waals surface area contributed by atoms with Crippen molar-refractivity contribution in [1.82, 2.24) is 0 Å². The van der Waals surface area contributed by atoms with Gasteiger partial charge in [0.1, 0.15) is 5.75 Å². The van der Waals surface area contributed by atoms with Gasteiger partial charge in [-0.25, -0.2) is 0 Å². The lowest BCUT2D eigenvalue weighted by atomic mass is 9.92. The van der Waals surface area contributed by atoms with Crippen molar-refractivity contribution in [3.63, 3.8) is 0 Å². The molecule has 1 atom stereocenters. The lowest BCUT2D eigenvalue weighted by Gasteiger charge is -2.19. The van der Waals surface area contributed by atoms with Gasteiger partial charge in [0.05, 0.1) is 6.10 Å². The van der Waals surface area contributed by atoms with E-state index in [0.717, 1.165) is 30.8 Å². The van der Waals surface area contributed by atoms with Crippen LogP contribution in [0.4, 0.5) is 5.69 Å². The van der Waals surface area contributed by atoms with Gasteiger partial charge in [0.2, 0.25) is 0 Å². The van der Waals surface area contributed by atoms with E-state index in [1.165, 1.54) is 0 Å². The monoisotopic (exact) mass is 249 g/mol. The maximum atomic E-state index is 5.81. The number of hydrogen-bond donors (Lipinski definition) is 1. The molecule has 0 aliphatic heterocycles. The van der Waals surface area contributed by atoms with Gasteiger partial charge in [0.25, 0.3) is 0 Å². The third kappa shape index (κ3) is 5.95. The van der Waals surface area contributed by atoms with Gasteiger partial charge in [0.15, 0.2) is 0 Å². The predicted molar refractivity (Wildman–Crippen MR) is 79.4 cm³/mol. The zero-order valence-corrected chi connectivity index (χ0v) is 12.4. The van der Waals surface area contributed by atoms with Gasteiger partial charge in [-0.3, -0.25) is 0 Å². The van der Waals surface area contributed by atoms with Gasteiger partial charge in [-0.2, -0.15) is 0 Å². The number of rotatable bonds is 6. The van der Waals surface area contributed by atoms with E-state index >= 15 is 0 Å². The van der Waals surface area contributed by atoms with Crippen LogP contribution in [-0.2, 0) is 0 Å². The van der Waals surface area contributed by atoms with Crippen LogP contribution in [-0.4, -0.2) is 12.6 Å². The van der Waals surface area contributed by atoms with Gasteiger partial charge in [-0.05, 0) is 37.3 Å². The van der Waals surface area contributed by atoms with Crippen molar-refractivity contribution in [2.24, 2.45) is 5.41 Å². The fraction of sp³-hybridized carbons (Fsp3) is 0.625. The Kier molecular flexibility index (Phi) is 5.52. The maximum Gasteiger partial charge on any atom is 0.121 e. The van der Waals surface area contributed by atoms with Crippen LogP contribution >= 0.6 is 0 Å². The molecular formula is C16H27NO. The van der Waals surface area contributed by atoms with Gasteiger partial charge < -0.3 is 10.1 Å². The standard InChI is InChI=1S/C16H27NO/c1-6-13(2)18-15-9-7-8-14(12-15)17-11-10-16(3,4)5/h7-9,12-13,17H,6,10-11H2,1-5H3. The van der Waals surface area contributed by atoms with E-state index in [4.69, 9.17) is 4.74 Å². The Labute approximate surface area is 112 Å². The molecule has 18 heavy (non-hydrogen) atoms. The van der Waals surface area contributed by atoms with E-state index in [0.29, 0.717) is 5.41 Å². The first-order chi connectivity index (χ1) is 8.40. The van der Waals surface area contributed by atoms with Crippen LogP contribution in [0.2, 0.25) is 0 Å². The normalized spacial score (nSPS) is 13.2. The molecule has 0 aromatic heterocycles. The molecule has 0 saturated carbocycles. The zero-order valence-electron chi connectivity index (χ0n) is 12.4. The second-order valence-electron chi connectivity index (χ2n) is 6.10. The fourth-order valence-electron chi connectivity index (χ4n) is 1.58. The molecule has 1 unspecified atom stereocenters. The summed E-state index contributed by atoms with van der Waals surface area (Å²) in [6, 6.07) is 8.22. The van der Waals surface area contributed by atoms with Crippen LogP contribution in [0, 0.1) is 5.41 Å². The third-order valence-electron chi connectivity index (χ3n) is 2.95. The average Bonchev–Trinajstić information content (AvgIpc) is 2.27. The van der Waals surface area contributed by atoms with Gasteiger partial charge in [0, 0.05) is 18.3 Å². The summed E-state index contributed by atoms with van der Waals surface area (Å²) >= 11 is 0. The lowest BCUT2D eigenvalue weighted by Crippen LogP contribution is -2.13. The number of ether oxygens (including phenoxy) is 1. The molecule has 0 spiro atoms. The molecule has 0 aliphatic rings. The molecule has 0 heterocycles. The molecule has 1 rings (SSSR count). The minimum absolute atomic E-state index is 0.273. The zero-order chi connectivity index (χ0) is 13.6. The molecule has 0 fully saturated rings. The van der Waals surface area contributed by atoms with Crippen LogP contribution in [0.15, 0.2) is 24.3 Å². The van der Waals surface area contributed by atoms with Crippen molar-refractivity contribution >= 4 is 5.69 Å². The Hall–Kier alpha value is -1.18. The Balaban J connectivity index is 2.49. The van der Waals surface area contributed by atoms with Gasteiger partial charge >= 0.3 is 0 Å². The average molecular weight is 249 g/mol. The van der Waals surface area contributed by atoms with Crippen molar-refractivity contribution in [1.29, 1.82) is 0 Å². The highest BCUT2D eigenvalue weighted by Gasteiger charge is 2.09. The molecule has 2 nitrogen and oxygen atoms in total. The molecule has 2 heteroatoms. The summed E-state index contributed by atoms with van der Waals surface area (Å²) in [4.78, 5) is 0. The Morgan fingerprint density at radius 3 is 2.61 bits per heavy atom. The van der Waals surface area contributed by atoms with Crippen molar-refractivity contribution in [3.05, 3.63) is 24.3 Å². The predicted octanol–water partition coefficient (Wildman–Crippen LogP) is 4.71. The fourth-order valence-corrected chi connectivity index (χ4v) is 1.58. The molecule has 1 aromatic carbocycles. The Bertz CT molecular complexity index is 354. The molecule has 0 bridgehead atoms. The Morgan fingerprint density at radius 1 is 1.28 bits per heavy atom. The smallest absolute Gasteiger partial charge is 0.121 e. The summed E-state index contributed by atoms with van der Waals surface area (Å²) in [5.41, 5.74) is 1.51. The van der Waals surface area contributed by atoms with Crippen LogP contribution in [0.1, 0.15) is 47.5 Å². The molecule has 0 radical (unpaired) electrons. The van der Waals surface area contributed by atoms with E-state index in [2.05, 4.69) is 52.1 Å². The van der Waals surface area contributed by atoms with E-state index in [9.17, 15) is 0 Å². The SMILES string of the molecule is CCC(C)Oc1cccc(NCCC(C)(C)C)c1. The van der Waals surface area contributed by atoms with Crippen LogP contribution in [0.25, 0.3) is 0 Å². The number of anilines is 1. The highest BCUT2D eigenvalue weighted by Crippen LogP contribution is 2.21. The van der Waals surface area contributed by atoms with Crippen LogP contribution in [0.5, 0.6) is 5.75 Å².